The van der Waals surface area contributed by atoms with Crippen LogP contribution in [0.4, 0.5) is 5.69 Å². The Bertz CT molecular complexity index is 1050. The first-order chi connectivity index (χ1) is 14.0. The van der Waals surface area contributed by atoms with Crippen LogP contribution in [0.15, 0.2) is 59.6 Å². The third-order valence-electron chi connectivity index (χ3n) is 5.03. The number of ether oxygens (including phenoxy) is 1. The summed E-state index contributed by atoms with van der Waals surface area (Å²) in [4.78, 5) is 13.2. The molecule has 1 aliphatic rings. The fourth-order valence-electron chi connectivity index (χ4n) is 3.33. The zero-order valence-corrected chi connectivity index (χ0v) is 18.0. The van der Waals surface area contributed by atoms with Crippen LogP contribution in [0.5, 0.6) is 5.75 Å². The van der Waals surface area contributed by atoms with Gasteiger partial charge < -0.3 is 15.5 Å². The summed E-state index contributed by atoms with van der Waals surface area (Å²) in [5.41, 5.74) is 7.28. The lowest BCUT2D eigenvalue weighted by molar-refractivity contribution is -0.116. The Labute approximate surface area is 179 Å². The van der Waals surface area contributed by atoms with Crippen LogP contribution in [0.2, 0.25) is 5.02 Å². The van der Waals surface area contributed by atoms with E-state index in [0.29, 0.717) is 10.7 Å². The monoisotopic (exact) mass is 427 g/mol. The summed E-state index contributed by atoms with van der Waals surface area (Å²) in [6.07, 6.45) is 0. The third-order valence-corrected chi connectivity index (χ3v) is 6.74. The molecule has 2 N–H and O–H groups in total. The molecule has 0 radical (unpaired) electrons. The highest BCUT2D eigenvalue weighted by molar-refractivity contribution is 8.00. The van der Waals surface area contributed by atoms with Gasteiger partial charge in [0.2, 0.25) is 5.91 Å². The first-order valence-electron chi connectivity index (χ1n) is 9.29. The third kappa shape index (κ3) is 3.95. The second-order valence-corrected chi connectivity index (χ2v) is 8.59. The van der Waals surface area contributed by atoms with Crippen molar-refractivity contribution in [1.82, 2.24) is 4.68 Å². The average molecular weight is 428 g/mol. The Morgan fingerprint density at radius 3 is 2.59 bits per heavy atom. The van der Waals surface area contributed by atoms with E-state index in [1.165, 1.54) is 0 Å². The number of methoxy groups -OCH3 is 1. The number of aromatic nitrogens is 1. The molecule has 2 heterocycles. The molecule has 2 atom stereocenters. The van der Waals surface area contributed by atoms with Crippen molar-refractivity contribution in [3.05, 3.63) is 76.4 Å². The smallest absolute Gasteiger partial charge is 0.240 e. The van der Waals surface area contributed by atoms with Crippen LogP contribution in [0.25, 0.3) is 0 Å². The fraction of sp³-hybridized carbons (Fsp3) is 0.227. The maximum atomic E-state index is 13.2. The predicted octanol–water partition coefficient (Wildman–Crippen LogP) is 5.16. The summed E-state index contributed by atoms with van der Waals surface area (Å²) < 4.78 is 7.30. The topological polar surface area (TPSA) is 55.3 Å². The highest BCUT2D eigenvalue weighted by Crippen LogP contribution is 2.39. The van der Waals surface area contributed by atoms with Gasteiger partial charge in [-0.15, -0.1) is 0 Å². The first-order valence-corrected chi connectivity index (χ1v) is 10.5. The summed E-state index contributed by atoms with van der Waals surface area (Å²) in [7, 11) is 1.64. The minimum atomic E-state index is -0.356. The highest BCUT2D eigenvalue weighted by Gasteiger charge is 2.36. The Balaban J connectivity index is 1.65. The summed E-state index contributed by atoms with van der Waals surface area (Å²) in [6.45, 7) is 3.97. The van der Waals surface area contributed by atoms with Crippen LogP contribution >= 0.6 is 23.4 Å². The minimum Gasteiger partial charge on any atom is -0.497 e. The minimum absolute atomic E-state index is 0.0756. The molecule has 150 valence electrons. The van der Waals surface area contributed by atoms with Crippen molar-refractivity contribution in [2.75, 3.05) is 17.9 Å². The molecule has 2 aromatic carbocycles. The molecule has 0 spiro atoms. The van der Waals surface area contributed by atoms with Crippen LogP contribution in [-0.2, 0) is 4.79 Å². The van der Waals surface area contributed by atoms with Gasteiger partial charge in [0.05, 0.1) is 18.2 Å². The highest BCUT2D eigenvalue weighted by atomic mass is 35.5. The number of anilines is 1. The zero-order chi connectivity index (χ0) is 20.5. The molecule has 4 rings (SSSR count). The molecule has 0 aliphatic carbocycles. The van der Waals surface area contributed by atoms with Gasteiger partial charge in [-0.25, -0.2) is 0 Å². The number of carbonyl (C=O) groups is 1. The van der Waals surface area contributed by atoms with Crippen molar-refractivity contribution in [2.45, 2.75) is 30.2 Å². The molecule has 0 bridgehead atoms. The molecule has 29 heavy (non-hydrogen) atoms. The maximum Gasteiger partial charge on any atom is 0.240 e. The van der Waals surface area contributed by atoms with Gasteiger partial charge in [-0.3, -0.25) is 9.47 Å². The molecular weight excluding hydrogens is 406 g/mol. The van der Waals surface area contributed by atoms with Gasteiger partial charge >= 0.3 is 0 Å². The molecule has 1 aliphatic heterocycles. The number of aryl methyl sites for hydroxylation is 2. The lowest BCUT2D eigenvalue weighted by atomic mass is 10.0. The van der Waals surface area contributed by atoms with Crippen LogP contribution in [-0.4, -0.2) is 22.9 Å². The Morgan fingerprint density at radius 1 is 1.14 bits per heavy atom. The van der Waals surface area contributed by atoms with Gasteiger partial charge in [0.25, 0.3) is 0 Å². The van der Waals surface area contributed by atoms with Crippen molar-refractivity contribution >= 4 is 35.0 Å². The van der Waals surface area contributed by atoms with Crippen LogP contribution in [0.1, 0.15) is 22.9 Å². The number of halogens is 1. The van der Waals surface area contributed by atoms with Gasteiger partial charge in [0, 0.05) is 16.4 Å². The van der Waals surface area contributed by atoms with Crippen LogP contribution in [0.3, 0.4) is 0 Å². The number of nitrogens with zero attached hydrogens (tertiary/aromatic N) is 1. The number of rotatable bonds is 4. The van der Waals surface area contributed by atoms with E-state index in [2.05, 4.69) is 10.7 Å². The van der Waals surface area contributed by atoms with Gasteiger partial charge in [-0.05, 0) is 61.4 Å². The number of thioether (sulfide) groups is 1. The number of hydrogen-bond acceptors (Lipinski definition) is 4. The van der Waals surface area contributed by atoms with E-state index in [1.807, 2.05) is 67.1 Å². The quantitative estimate of drug-likeness (QED) is 0.603. The second kappa shape index (κ2) is 8.05. The van der Waals surface area contributed by atoms with E-state index < -0.39 is 0 Å². The number of nitrogens with one attached hydrogen (secondary N) is 2. The van der Waals surface area contributed by atoms with E-state index in [-0.39, 0.29) is 17.2 Å². The van der Waals surface area contributed by atoms with Gasteiger partial charge in [0.1, 0.15) is 11.0 Å². The van der Waals surface area contributed by atoms with Gasteiger partial charge in [-0.2, -0.15) is 0 Å². The SMILES string of the molecule is COc1ccc([C@H]2Nn3c(C)ccc3S[C@H]2C(=O)Nc2ccc(C)c(Cl)c2)cc1. The van der Waals surface area contributed by atoms with Gasteiger partial charge in [-0.1, -0.05) is 41.6 Å². The van der Waals surface area contributed by atoms with Crippen LogP contribution < -0.4 is 15.5 Å². The molecule has 1 amide bonds. The summed E-state index contributed by atoms with van der Waals surface area (Å²) >= 11 is 7.77. The number of hydrogen-bond donors (Lipinski definition) is 2. The molecule has 3 aromatic rings. The molecule has 5 nitrogen and oxygen atoms in total. The normalized spacial score (nSPS) is 17.9. The van der Waals surface area contributed by atoms with E-state index in [4.69, 9.17) is 16.3 Å². The number of fused-ring (bicyclic) bond motifs is 1. The van der Waals surface area contributed by atoms with Crippen molar-refractivity contribution < 1.29 is 9.53 Å². The fourth-order valence-corrected chi connectivity index (χ4v) is 4.74. The average Bonchev–Trinajstić information content (AvgIpc) is 3.10. The lowest BCUT2D eigenvalue weighted by Gasteiger charge is -2.34. The van der Waals surface area contributed by atoms with Crippen molar-refractivity contribution in [2.24, 2.45) is 0 Å². The summed E-state index contributed by atoms with van der Waals surface area (Å²) in [6, 6.07) is 17.2. The molecule has 0 saturated heterocycles. The Kier molecular flexibility index (Phi) is 5.48. The Morgan fingerprint density at radius 2 is 1.90 bits per heavy atom. The van der Waals surface area contributed by atoms with Crippen molar-refractivity contribution in [1.29, 1.82) is 0 Å². The van der Waals surface area contributed by atoms with E-state index in [1.54, 1.807) is 24.9 Å². The van der Waals surface area contributed by atoms with Gasteiger partial charge in [0.15, 0.2) is 0 Å². The standard InChI is InChI=1S/C22H22ClN3O2S/c1-13-4-8-16(12-18(13)23)24-22(27)21-20(15-6-9-17(28-3)10-7-15)25-26-14(2)5-11-19(26)29-21/h4-12,20-21,25H,1-3H3,(H,24,27)/t20-,21-/m1/s1. The predicted molar refractivity (Wildman–Crippen MR) is 119 cm³/mol. The van der Waals surface area contributed by atoms with E-state index in [0.717, 1.165) is 27.6 Å². The van der Waals surface area contributed by atoms with Crippen molar-refractivity contribution in [3.8, 4) is 5.75 Å². The number of amides is 1. The van der Waals surface area contributed by atoms with Crippen LogP contribution in [0, 0.1) is 13.8 Å². The number of carbonyl (C=O) groups excluding carboxylic acids is 1. The molecule has 0 unspecified atom stereocenters. The molecule has 0 saturated carbocycles. The number of benzene rings is 2. The maximum absolute atomic E-state index is 13.2. The molecule has 7 heteroatoms. The Hall–Kier alpha value is -2.57. The van der Waals surface area contributed by atoms with E-state index in [9.17, 15) is 4.79 Å². The summed E-state index contributed by atoms with van der Waals surface area (Å²) in [5, 5.41) is 4.31. The van der Waals surface area contributed by atoms with E-state index >= 15 is 0 Å². The molecular formula is C22H22ClN3O2S. The first kappa shape index (κ1) is 19.7. The molecule has 1 aromatic heterocycles. The largest absolute Gasteiger partial charge is 0.497 e. The zero-order valence-electron chi connectivity index (χ0n) is 16.4. The lowest BCUT2D eigenvalue weighted by Crippen LogP contribution is -2.41. The summed E-state index contributed by atoms with van der Waals surface area (Å²) in [5.74, 6) is 0.707. The second-order valence-electron chi connectivity index (χ2n) is 7.02. The van der Waals surface area contributed by atoms with Crippen molar-refractivity contribution in [3.63, 3.8) is 0 Å². The molecule has 0 fully saturated rings.